The molecule has 0 atom stereocenters. The number of aromatic nitrogens is 1. The summed E-state index contributed by atoms with van der Waals surface area (Å²) in [7, 11) is 0. The van der Waals surface area contributed by atoms with Crippen molar-refractivity contribution in [3.05, 3.63) is 58.1 Å². The zero-order chi connectivity index (χ0) is 14.3. The summed E-state index contributed by atoms with van der Waals surface area (Å²) >= 11 is 3.61. The van der Waals surface area contributed by atoms with Crippen molar-refractivity contribution in [1.29, 1.82) is 0 Å². The molecule has 0 bridgehead atoms. The number of nitrogens with two attached hydrogens (primary N) is 1. The van der Waals surface area contributed by atoms with Gasteiger partial charge in [0.25, 0.3) is 0 Å². The normalized spacial score (nSPS) is 10.9. The summed E-state index contributed by atoms with van der Waals surface area (Å²) in [4.78, 5) is 4.77. The number of benzene rings is 2. The van der Waals surface area contributed by atoms with Crippen molar-refractivity contribution in [2.24, 2.45) is 0 Å². The van der Waals surface area contributed by atoms with Gasteiger partial charge in [0.1, 0.15) is 0 Å². The monoisotopic (exact) mass is 326 g/mol. The minimum atomic E-state index is 0.770. The molecular weight excluding hydrogens is 312 g/mol. The number of fused-ring (bicyclic) bond motifs is 1. The van der Waals surface area contributed by atoms with E-state index in [1.807, 2.05) is 36.4 Å². The van der Waals surface area contributed by atoms with Crippen LogP contribution in [0.1, 0.15) is 11.1 Å². The van der Waals surface area contributed by atoms with E-state index in [-0.39, 0.29) is 0 Å². The third-order valence-electron chi connectivity index (χ3n) is 3.55. The Labute approximate surface area is 126 Å². The van der Waals surface area contributed by atoms with Crippen molar-refractivity contribution >= 4 is 32.5 Å². The second-order valence-electron chi connectivity index (χ2n) is 4.99. The molecule has 0 unspecified atom stereocenters. The Balaban J connectivity index is 2.33. The smallest absolute Gasteiger partial charge is 0.0736 e. The van der Waals surface area contributed by atoms with Gasteiger partial charge in [-0.25, -0.2) is 4.98 Å². The number of aryl methyl sites for hydroxylation is 2. The zero-order valence-electron chi connectivity index (χ0n) is 11.4. The molecule has 0 spiro atoms. The predicted molar refractivity (Wildman–Crippen MR) is 88.8 cm³/mol. The van der Waals surface area contributed by atoms with Gasteiger partial charge in [0.05, 0.1) is 11.2 Å². The number of nitrogens with zero attached hydrogens (tertiary/aromatic N) is 1. The van der Waals surface area contributed by atoms with Gasteiger partial charge >= 0.3 is 0 Å². The lowest BCUT2D eigenvalue weighted by molar-refractivity contribution is 1.33. The van der Waals surface area contributed by atoms with Gasteiger partial charge in [-0.1, -0.05) is 46.3 Å². The van der Waals surface area contributed by atoms with E-state index in [1.54, 1.807) is 0 Å². The van der Waals surface area contributed by atoms with Crippen LogP contribution < -0.4 is 5.73 Å². The van der Waals surface area contributed by atoms with Crippen LogP contribution in [-0.2, 0) is 0 Å². The molecule has 1 heterocycles. The fraction of sp³-hybridized carbons (Fsp3) is 0.118. The molecule has 100 valence electrons. The quantitative estimate of drug-likeness (QED) is 0.693. The molecule has 0 fully saturated rings. The van der Waals surface area contributed by atoms with Gasteiger partial charge in [0, 0.05) is 21.1 Å². The summed E-state index contributed by atoms with van der Waals surface area (Å²) in [5.41, 5.74) is 12.3. The molecule has 20 heavy (non-hydrogen) atoms. The van der Waals surface area contributed by atoms with Crippen molar-refractivity contribution in [1.82, 2.24) is 4.98 Å². The van der Waals surface area contributed by atoms with E-state index in [9.17, 15) is 0 Å². The Morgan fingerprint density at radius 2 is 1.75 bits per heavy atom. The third-order valence-corrected chi connectivity index (χ3v) is 4.77. The van der Waals surface area contributed by atoms with Gasteiger partial charge in [0.15, 0.2) is 0 Å². The van der Waals surface area contributed by atoms with E-state index in [0.29, 0.717) is 0 Å². The molecule has 3 aromatic rings. The van der Waals surface area contributed by atoms with Gasteiger partial charge in [-0.3, -0.25) is 0 Å². The van der Waals surface area contributed by atoms with Crippen molar-refractivity contribution < 1.29 is 0 Å². The lowest BCUT2D eigenvalue weighted by atomic mass is 10.0. The van der Waals surface area contributed by atoms with Crippen LogP contribution >= 0.6 is 15.9 Å². The van der Waals surface area contributed by atoms with Crippen LogP contribution in [0.25, 0.3) is 22.2 Å². The third kappa shape index (κ3) is 2.08. The lowest BCUT2D eigenvalue weighted by Crippen LogP contribution is -1.96. The van der Waals surface area contributed by atoms with Crippen LogP contribution in [0.5, 0.6) is 0 Å². The Hall–Kier alpha value is -1.87. The average Bonchev–Trinajstić information content (AvgIpc) is 2.45. The SMILES string of the molecule is Cc1cc2nc(-c3ccccc3)cc(N)c2c(C)c1Br. The summed E-state index contributed by atoms with van der Waals surface area (Å²) in [5, 5.41) is 1.03. The molecule has 0 radical (unpaired) electrons. The first-order chi connectivity index (χ1) is 9.58. The standard InChI is InChI=1S/C17H15BrN2/c1-10-8-15-16(11(2)17(10)18)13(19)9-14(20-15)12-6-4-3-5-7-12/h3-9H,1-2H3,(H2,19,20). The van der Waals surface area contributed by atoms with E-state index < -0.39 is 0 Å². The van der Waals surface area contributed by atoms with Crippen LogP contribution in [0, 0.1) is 13.8 Å². The fourth-order valence-corrected chi connectivity index (χ4v) is 2.84. The van der Waals surface area contributed by atoms with Crippen molar-refractivity contribution in [3.8, 4) is 11.3 Å². The molecule has 0 saturated carbocycles. The van der Waals surface area contributed by atoms with Crippen molar-refractivity contribution in [2.75, 3.05) is 5.73 Å². The van der Waals surface area contributed by atoms with E-state index in [4.69, 9.17) is 10.7 Å². The number of anilines is 1. The topological polar surface area (TPSA) is 38.9 Å². The molecule has 0 saturated heterocycles. The molecular formula is C17H15BrN2. The average molecular weight is 327 g/mol. The Morgan fingerprint density at radius 3 is 2.45 bits per heavy atom. The van der Waals surface area contributed by atoms with Gasteiger partial charge in [-0.15, -0.1) is 0 Å². The molecule has 0 aliphatic heterocycles. The predicted octanol–water partition coefficient (Wildman–Crippen LogP) is 4.86. The summed E-state index contributed by atoms with van der Waals surface area (Å²) < 4.78 is 1.10. The molecule has 3 rings (SSSR count). The minimum absolute atomic E-state index is 0.770. The highest BCUT2D eigenvalue weighted by molar-refractivity contribution is 9.10. The lowest BCUT2D eigenvalue weighted by Gasteiger charge is -2.12. The summed E-state index contributed by atoms with van der Waals surface area (Å²) in [6, 6.07) is 14.1. The van der Waals surface area contributed by atoms with Crippen LogP contribution in [-0.4, -0.2) is 4.98 Å². The molecule has 2 nitrogen and oxygen atoms in total. The fourth-order valence-electron chi connectivity index (χ4n) is 2.53. The Bertz CT molecular complexity index is 795. The van der Waals surface area contributed by atoms with Crippen molar-refractivity contribution in [2.45, 2.75) is 13.8 Å². The molecule has 0 amide bonds. The number of rotatable bonds is 1. The minimum Gasteiger partial charge on any atom is -0.398 e. The van der Waals surface area contributed by atoms with Crippen molar-refractivity contribution in [3.63, 3.8) is 0 Å². The van der Waals surface area contributed by atoms with Crippen LogP contribution in [0.2, 0.25) is 0 Å². The van der Waals surface area contributed by atoms with Gasteiger partial charge in [-0.05, 0) is 37.1 Å². The number of pyridine rings is 1. The van der Waals surface area contributed by atoms with Crippen LogP contribution in [0.3, 0.4) is 0 Å². The first kappa shape index (κ1) is 13.1. The van der Waals surface area contributed by atoms with Crippen LogP contribution in [0.15, 0.2) is 46.9 Å². The first-order valence-electron chi connectivity index (χ1n) is 6.49. The number of nitrogen functional groups attached to an aromatic ring is 1. The molecule has 2 N–H and O–H groups in total. The number of hydrogen-bond acceptors (Lipinski definition) is 2. The van der Waals surface area contributed by atoms with Gasteiger partial charge < -0.3 is 5.73 Å². The summed E-state index contributed by atoms with van der Waals surface area (Å²) in [6.45, 7) is 4.14. The maximum absolute atomic E-state index is 6.25. The highest BCUT2D eigenvalue weighted by Gasteiger charge is 2.11. The molecule has 0 aliphatic rings. The Morgan fingerprint density at radius 1 is 1.05 bits per heavy atom. The molecule has 3 heteroatoms. The van der Waals surface area contributed by atoms with Gasteiger partial charge in [0.2, 0.25) is 0 Å². The van der Waals surface area contributed by atoms with E-state index in [1.165, 1.54) is 5.56 Å². The molecule has 1 aromatic heterocycles. The van der Waals surface area contributed by atoms with Crippen LogP contribution in [0.4, 0.5) is 5.69 Å². The largest absolute Gasteiger partial charge is 0.398 e. The summed E-state index contributed by atoms with van der Waals surface area (Å²) in [6.07, 6.45) is 0. The molecule has 0 aliphatic carbocycles. The van der Waals surface area contributed by atoms with Gasteiger partial charge in [-0.2, -0.15) is 0 Å². The zero-order valence-corrected chi connectivity index (χ0v) is 13.0. The number of hydrogen-bond donors (Lipinski definition) is 1. The second kappa shape index (κ2) is 4.91. The Kier molecular flexibility index (Phi) is 3.22. The van der Waals surface area contributed by atoms with E-state index in [0.717, 1.165) is 37.9 Å². The molecule has 2 aromatic carbocycles. The first-order valence-corrected chi connectivity index (χ1v) is 7.28. The maximum Gasteiger partial charge on any atom is 0.0736 e. The van der Waals surface area contributed by atoms with E-state index in [2.05, 4.69) is 35.8 Å². The second-order valence-corrected chi connectivity index (χ2v) is 5.78. The number of halogens is 1. The summed E-state index contributed by atoms with van der Waals surface area (Å²) in [5.74, 6) is 0. The maximum atomic E-state index is 6.25. The highest BCUT2D eigenvalue weighted by atomic mass is 79.9. The van der Waals surface area contributed by atoms with E-state index >= 15 is 0 Å². The highest BCUT2D eigenvalue weighted by Crippen LogP contribution is 2.34.